The van der Waals surface area contributed by atoms with E-state index in [1.54, 1.807) is 24.1 Å². The van der Waals surface area contributed by atoms with Gasteiger partial charge >= 0.3 is 0 Å². The molecule has 0 amide bonds. The molecule has 0 bridgehead atoms. The summed E-state index contributed by atoms with van der Waals surface area (Å²) in [4.78, 5) is 12.1. The molecule has 0 spiro atoms. The minimum atomic E-state index is -0.00231. The molecule has 0 saturated carbocycles. The summed E-state index contributed by atoms with van der Waals surface area (Å²) in [5.41, 5.74) is 2.35. The molecule has 0 aliphatic carbocycles. The molecule has 1 aromatic carbocycles. The van der Waals surface area contributed by atoms with Gasteiger partial charge < -0.3 is 0 Å². The van der Waals surface area contributed by atoms with Crippen LogP contribution in [0.1, 0.15) is 21.5 Å². The Balaban J connectivity index is 2.41. The highest BCUT2D eigenvalue weighted by molar-refractivity contribution is 9.10. The molecule has 2 aromatic rings. The lowest BCUT2D eigenvalue weighted by Gasteiger charge is -2.01. The molecule has 0 aliphatic rings. The Morgan fingerprint density at radius 1 is 1.31 bits per heavy atom. The summed E-state index contributed by atoms with van der Waals surface area (Å²) in [6.45, 7) is 1.96. The van der Waals surface area contributed by atoms with Crippen molar-refractivity contribution in [2.75, 3.05) is 0 Å². The highest BCUT2D eigenvalue weighted by Crippen LogP contribution is 2.17. The quantitative estimate of drug-likeness (QED) is 0.792. The van der Waals surface area contributed by atoms with E-state index in [4.69, 9.17) is 0 Å². The van der Waals surface area contributed by atoms with Crippen molar-refractivity contribution in [3.05, 3.63) is 51.8 Å². The molecule has 0 unspecified atom stereocenters. The number of hydrogen-bond acceptors (Lipinski definition) is 2. The van der Waals surface area contributed by atoms with E-state index in [9.17, 15) is 4.79 Å². The van der Waals surface area contributed by atoms with Gasteiger partial charge in [0.2, 0.25) is 0 Å². The Morgan fingerprint density at radius 2 is 2.06 bits per heavy atom. The lowest BCUT2D eigenvalue weighted by Crippen LogP contribution is -2.00. The maximum absolute atomic E-state index is 12.1. The van der Waals surface area contributed by atoms with Crippen LogP contribution in [0.4, 0.5) is 0 Å². The van der Waals surface area contributed by atoms with Gasteiger partial charge in [-0.3, -0.25) is 9.48 Å². The zero-order valence-corrected chi connectivity index (χ0v) is 10.7. The number of carbonyl (C=O) groups excluding carboxylic acids is 1. The van der Waals surface area contributed by atoms with Crippen LogP contribution in [0.5, 0.6) is 0 Å². The van der Waals surface area contributed by atoms with Crippen LogP contribution in [-0.2, 0) is 7.05 Å². The molecule has 1 heterocycles. The fourth-order valence-electron chi connectivity index (χ4n) is 1.57. The summed E-state index contributed by atoms with van der Waals surface area (Å²) >= 11 is 3.39. The second-order valence-electron chi connectivity index (χ2n) is 3.75. The van der Waals surface area contributed by atoms with Gasteiger partial charge in [-0.25, -0.2) is 0 Å². The molecular formula is C12H11BrN2O. The average Bonchev–Trinajstić information content (AvgIpc) is 2.62. The Bertz CT molecular complexity index is 525. The molecule has 82 valence electrons. The monoisotopic (exact) mass is 278 g/mol. The summed E-state index contributed by atoms with van der Waals surface area (Å²) in [6, 6.07) is 5.67. The zero-order chi connectivity index (χ0) is 11.7. The Morgan fingerprint density at radius 3 is 2.62 bits per heavy atom. The number of aryl methyl sites for hydroxylation is 2. The third-order valence-electron chi connectivity index (χ3n) is 2.27. The summed E-state index contributed by atoms with van der Waals surface area (Å²) in [5, 5.41) is 3.99. The van der Waals surface area contributed by atoms with E-state index in [-0.39, 0.29) is 5.78 Å². The smallest absolute Gasteiger partial charge is 0.196 e. The molecule has 0 aliphatic heterocycles. The SMILES string of the molecule is Cc1cc(Br)cc(C(=O)c2cnn(C)c2)c1. The number of aromatic nitrogens is 2. The normalized spacial score (nSPS) is 10.4. The fraction of sp³-hybridized carbons (Fsp3) is 0.167. The van der Waals surface area contributed by atoms with Crippen LogP contribution in [0.3, 0.4) is 0 Å². The Labute approximate surface area is 102 Å². The van der Waals surface area contributed by atoms with Crippen LogP contribution in [0.15, 0.2) is 35.1 Å². The summed E-state index contributed by atoms with van der Waals surface area (Å²) in [7, 11) is 1.79. The summed E-state index contributed by atoms with van der Waals surface area (Å²) in [6.07, 6.45) is 3.30. The molecule has 3 nitrogen and oxygen atoms in total. The number of halogens is 1. The van der Waals surface area contributed by atoms with E-state index in [0.29, 0.717) is 11.1 Å². The van der Waals surface area contributed by atoms with Gasteiger partial charge in [-0.05, 0) is 30.7 Å². The molecule has 2 rings (SSSR count). The van der Waals surface area contributed by atoms with Gasteiger partial charge in [-0.1, -0.05) is 15.9 Å². The van der Waals surface area contributed by atoms with Gasteiger partial charge in [0, 0.05) is 23.3 Å². The number of carbonyl (C=O) groups is 1. The van der Waals surface area contributed by atoms with Crippen LogP contribution in [0.25, 0.3) is 0 Å². The minimum Gasteiger partial charge on any atom is -0.288 e. The van der Waals surface area contributed by atoms with Crippen molar-refractivity contribution in [3.8, 4) is 0 Å². The standard InChI is InChI=1S/C12H11BrN2O/c1-8-3-9(5-11(13)4-8)12(16)10-6-14-15(2)7-10/h3-7H,1-2H3. The third kappa shape index (κ3) is 2.22. The van der Waals surface area contributed by atoms with Gasteiger partial charge in [0.05, 0.1) is 11.8 Å². The molecule has 0 fully saturated rings. The lowest BCUT2D eigenvalue weighted by molar-refractivity contribution is 0.103. The molecular weight excluding hydrogens is 268 g/mol. The predicted molar refractivity (Wildman–Crippen MR) is 65.5 cm³/mol. The Hall–Kier alpha value is -1.42. The molecule has 0 saturated heterocycles. The highest BCUT2D eigenvalue weighted by atomic mass is 79.9. The summed E-state index contributed by atoms with van der Waals surface area (Å²) in [5.74, 6) is -0.00231. The maximum Gasteiger partial charge on any atom is 0.196 e. The molecule has 4 heteroatoms. The molecule has 0 atom stereocenters. The molecule has 1 aromatic heterocycles. The number of nitrogens with zero attached hydrogens (tertiary/aromatic N) is 2. The van der Waals surface area contributed by atoms with Gasteiger partial charge in [0.25, 0.3) is 0 Å². The first-order chi connectivity index (χ1) is 7.56. The van der Waals surface area contributed by atoms with Gasteiger partial charge in [-0.2, -0.15) is 5.10 Å². The summed E-state index contributed by atoms with van der Waals surface area (Å²) < 4.78 is 2.54. The first-order valence-electron chi connectivity index (χ1n) is 4.87. The number of ketones is 1. The molecule has 0 N–H and O–H groups in total. The first-order valence-corrected chi connectivity index (χ1v) is 5.66. The maximum atomic E-state index is 12.1. The fourth-order valence-corrected chi connectivity index (χ4v) is 2.18. The van der Waals surface area contributed by atoms with E-state index in [1.165, 1.54) is 0 Å². The van der Waals surface area contributed by atoms with Crippen LogP contribution in [-0.4, -0.2) is 15.6 Å². The molecule has 0 radical (unpaired) electrons. The van der Waals surface area contributed by atoms with Crippen LogP contribution < -0.4 is 0 Å². The van der Waals surface area contributed by atoms with Crippen molar-refractivity contribution < 1.29 is 4.79 Å². The lowest BCUT2D eigenvalue weighted by atomic mass is 10.0. The van der Waals surface area contributed by atoms with Crippen molar-refractivity contribution in [1.82, 2.24) is 9.78 Å². The van der Waals surface area contributed by atoms with Gasteiger partial charge in [0.1, 0.15) is 0 Å². The second kappa shape index (κ2) is 4.22. The van der Waals surface area contributed by atoms with E-state index < -0.39 is 0 Å². The number of hydrogen-bond donors (Lipinski definition) is 0. The van der Waals surface area contributed by atoms with Crippen molar-refractivity contribution in [2.24, 2.45) is 7.05 Å². The van der Waals surface area contributed by atoms with Crippen LogP contribution in [0.2, 0.25) is 0 Å². The van der Waals surface area contributed by atoms with Crippen molar-refractivity contribution >= 4 is 21.7 Å². The number of benzene rings is 1. The van der Waals surface area contributed by atoms with Crippen LogP contribution >= 0.6 is 15.9 Å². The van der Waals surface area contributed by atoms with Crippen molar-refractivity contribution in [2.45, 2.75) is 6.92 Å². The molecule has 16 heavy (non-hydrogen) atoms. The van der Waals surface area contributed by atoms with Gasteiger partial charge in [0.15, 0.2) is 5.78 Å². The van der Waals surface area contributed by atoms with Crippen molar-refractivity contribution in [3.63, 3.8) is 0 Å². The largest absolute Gasteiger partial charge is 0.288 e. The Kier molecular flexibility index (Phi) is 2.92. The zero-order valence-electron chi connectivity index (χ0n) is 9.07. The predicted octanol–water partition coefficient (Wildman–Crippen LogP) is 2.72. The first kappa shape index (κ1) is 11.1. The minimum absolute atomic E-state index is 0.00231. The van der Waals surface area contributed by atoms with Crippen LogP contribution in [0, 0.1) is 6.92 Å². The van der Waals surface area contributed by atoms with E-state index in [0.717, 1.165) is 10.0 Å². The highest BCUT2D eigenvalue weighted by Gasteiger charge is 2.11. The number of rotatable bonds is 2. The van der Waals surface area contributed by atoms with Gasteiger partial charge in [-0.15, -0.1) is 0 Å². The van der Waals surface area contributed by atoms with Crippen molar-refractivity contribution in [1.29, 1.82) is 0 Å². The topological polar surface area (TPSA) is 34.9 Å². The van der Waals surface area contributed by atoms with E-state index in [1.807, 2.05) is 25.1 Å². The van der Waals surface area contributed by atoms with E-state index in [2.05, 4.69) is 21.0 Å². The second-order valence-corrected chi connectivity index (χ2v) is 4.66. The average molecular weight is 279 g/mol. The third-order valence-corrected chi connectivity index (χ3v) is 2.73. The van der Waals surface area contributed by atoms with E-state index >= 15 is 0 Å².